The van der Waals surface area contributed by atoms with Gasteiger partial charge in [-0.1, -0.05) is 29.8 Å². The molecule has 25 heavy (non-hydrogen) atoms. The van der Waals surface area contributed by atoms with E-state index in [-0.39, 0.29) is 12.5 Å². The number of nitrogens with one attached hydrogen (secondary N) is 1. The largest absolute Gasteiger partial charge is 0.382 e. The molecule has 140 valence electrons. The van der Waals surface area contributed by atoms with E-state index >= 15 is 0 Å². The van der Waals surface area contributed by atoms with Gasteiger partial charge in [0.05, 0.1) is 0 Å². The van der Waals surface area contributed by atoms with Gasteiger partial charge in [0, 0.05) is 52.5 Å². The number of hydrogen-bond acceptors (Lipinski definition) is 3. The molecule has 0 heterocycles. The predicted octanol–water partition coefficient (Wildman–Crippen LogP) is 2.23. The van der Waals surface area contributed by atoms with Crippen molar-refractivity contribution in [3.8, 4) is 0 Å². The minimum absolute atomic E-state index is 0.0419. The van der Waals surface area contributed by atoms with Crippen LogP contribution in [0.25, 0.3) is 0 Å². The van der Waals surface area contributed by atoms with Crippen molar-refractivity contribution in [3.05, 3.63) is 34.9 Å². The summed E-state index contributed by atoms with van der Waals surface area (Å²) in [6, 6.07) is 7.71. The number of benzene rings is 1. The molecule has 0 aromatic heterocycles. The van der Waals surface area contributed by atoms with Crippen LogP contribution in [0.2, 0.25) is 5.02 Å². The number of nitrogens with zero attached hydrogens (tertiary/aromatic N) is 3. The van der Waals surface area contributed by atoms with Crippen molar-refractivity contribution in [2.75, 3.05) is 47.4 Å². The Kier molecular flexibility index (Phi) is 9.96. The Morgan fingerprint density at radius 1 is 1.28 bits per heavy atom. The third kappa shape index (κ3) is 8.23. The highest BCUT2D eigenvalue weighted by molar-refractivity contribution is 6.31. The first kappa shape index (κ1) is 21.3. The second-order valence-electron chi connectivity index (χ2n) is 5.85. The van der Waals surface area contributed by atoms with Gasteiger partial charge in [-0.15, -0.1) is 0 Å². The van der Waals surface area contributed by atoms with E-state index in [0.29, 0.717) is 25.7 Å². The molecule has 1 rings (SSSR count). The third-order valence-corrected chi connectivity index (χ3v) is 3.91. The van der Waals surface area contributed by atoms with E-state index < -0.39 is 0 Å². The van der Waals surface area contributed by atoms with E-state index in [1.165, 1.54) is 4.90 Å². The number of carbonyl (C=O) groups excluding carboxylic acids is 1. The number of rotatable bonds is 9. The van der Waals surface area contributed by atoms with Gasteiger partial charge in [0.1, 0.15) is 6.54 Å². The Hall–Kier alpha value is -1.79. The molecule has 0 atom stereocenters. The summed E-state index contributed by atoms with van der Waals surface area (Å²) in [7, 11) is 5.37. The molecule has 0 aliphatic rings. The van der Waals surface area contributed by atoms with Crippen LogP contribution >= 0.6 is 11.6 Å². The number of amides is 1. The van der Waals surface area contributed by atoms with E-state index in [9.17, 15) is 4.79 Å². The number of hydrogen-bond donors (Lipinski definition) is 1. The molecule has 0 unspecified atom stereocenters. The summed E-state index contributed by atoms with van der Waals surface area (Å²) in [4.78, 5) is 19.8. The van der Waals surface area contributed by atoms with Crippen molar-refractivity contribution in [2.24, 2.45) is 4.99 Å². The molecule has 0 aliphatic heterocycles. The molecule has 7 heteroatoms. The molecule has 0 saturated carbocycles. The quantitative estimate of drug-likeness (QED) is 0.412. The lowest BCUT2D eigenvalue weighted by atomic mass is 10.2. The molecule has 0 bridgehead atoms. The molecule has 1 aromatic carbocycles. The van der Waals surface area contributed by atoms with Crippen LogP contribution in [0.1, 0.15) is 18.9 Å². The van der Waals surface area contributed by atoms with Gasteiger partial charge in [0.2, 0.25) is 5.91 Å². The van der Waals surface area contributed by atoms with Crippen LogP contribution in [-0.2, 0) is 16.1 Å². The molecular formula is C18H29ClN4O2. The minimum atomic E-state index is -0.0419. The first-order valence-electron chi connectivity index (χ1n) is 8.46. The Balaban J connectivity index is 2.72. The van der Waals surface area contributed by atoms with Crippen molar-refractivity contribution >= 4 is 23.5 Å². The summed E-state index contributed by atoms with van der Waals surface area (Å²) >= 11 is 6.24. The maximum absolute atomic E-state index is 11.8. The van der Waals surface area contributed by atoms with Gasteiger partial charge < -0.3 is 19.9 Å². The van der Waals surface area contributed by atoms with E-state index in [4.69, 9.17) is 16.3 Å². The van der Waals surface area contributed by atoms with Gasteiger partial charge in [-0.25, -0.2) is 4.99 Å². The number of carbonyl (C=O) groups is 1. The fraction of sp³-hybridized carbons (Fsp3) is 0.556. The number of likely N-dealkylation sites (N-methyl/N-ethyl adjacent to an activating group) is 1. The van der Waals surface area contributed by atoms with Crippen LogP contribution in [0.4, 0.5) is 0 Å². The van der Waals surface area contributed by atoms with Gasteiger partial charge in [-0.05, 0) is 25.0 Å². The summed E-state index contributed by atoms with van der Waals surface area (Å²) in [5.74, 6) is 0.631. The number of guanidine groups is 1. The smallest absolute Gasteiger partial charge is 0.243 e. The van der Waals surface area contributed by atoms with Crippen LogP contribution in [0.3, 0.4) is 0 Å². The van der Waals surface area contributed by atoms with Crippen molar-refractivity contribution in [1.82, 2.24) is 15.1 Å². The first-order valence-corrected chi connectivity index (χ1v) is 8.84. The highest BCUT2D eigenvalue weighted by Crippen LogP contribution is 2.16. The molecule has 0 spiro atoms. The van der Waals surface area contributed by atoms with Gasteiger partial charge in [0.15, 0.2) is 5.96 Å². The van der Waals surface area contributed by atoms with Crippen LogP contribution < -0.4 is 5.32 Å². The van der Waals surface area contributed by atoms with Gasteiger partial charge >= 0.3 is 0 Å². The standard InChI is InChI=1S/C18H29ClN4O2/c1-5-25-12-8-11-20-18(21-13-17(24)22(2)3)23(4)14-15-9-6-7-10-16(15)19/h6-7,9-10H,5,8,11-14H2,1-4H3,(H,20,21). The average molecular weight is 369 g/mol. The highest BCUT2D eigenvalue weighted by atomic mass is 35.5. The lowest BCUT2D eigenvalue weighted by Gasteiger charge is -2.23. The van der Waals surface area contributed by atoms with Crippen LogP contribution in [0.5, 0.6) is 0 Å². The summed E-state index contributed by atoms with van der Waals surface area (Å²) < 4.78 is 5.35. The summed E-state index contributed by atoms with van der Waals surface area (Å²) in [5, 5.41) is 4.01. The molecule has 0 saturated heterocycles. The Morgan fingerprint density at radius 2 is 2.00 bits per heavy atom. The zero-order valence-corrected chi connectivity index (χ0v) is 16.3. The Bertz CT molecular complexity index is 564. The number of ether oxygens (including phenoxy) is 1. The minimum Gasteiger partial charge on any atom is -0.382 e. The molecule has 0 fully saturated rings. The fourth-order valence-corrected chi connectivity index (χ4v) is 2.27. The van der Waals surface area contributed by atoms with Crippen molar-refractivity contribution in [1.29, 1.82) is 0 Å². The maximum atomic E-state index is 11.8. The van der Waals surface area contributed by atoms with E-state index in [0.717, 1.165) is 23.6 Å². The molecule has 0 aliphatic carbocycles. The summed E-state index contributed by atoms with van der Waals surface area (Å²) in [6.45, 7) is 4.82. The van der Waals surface area contributed by atoms with E-state index in [2.05, 4.69) is 10.3 Å². The van der Waals surface area contributed by atoms with Crippen molar-refractivity contribution in [2.45, 2.75) is 19.9 Å². The molecular weight excluding hydrogens is 340 g/mol. The van der Waals surface area contributed by atoms with E-state index in [1.54, 1.807) is 14.1 Å². The SMILES string of the molecule is CCOCCCNC(=NCC(=O)N(C)C)N(C)Cc1ccccc1Cl. The zero-order valence-electron chi connectivity index (χ0n) is 15.6. The van der Waals surface area contributed by atoms with E-state index in [1.807, 2.05) is 43.1 Å². The van der Waals surface area contributed by atoms with Crippen LogP contribution in [0.15, 0.2) is 29.3 Å². The topological polar surface area (TPSA) is 57.2 Å². The number of halogens is 1. The maximum Gasteiger partial charge on any atom is 0.243 e. The molecule has 6 nitrogen and oxygen atoms in total. The fourth-order valence-electron chi connectivity index (χ4n) is 2.07. The Morgan fingerprint density at radius 3 is 2.64 bits per heavy atom. The zero-order chi connectivity index (χ0) is 18.7. The second kappa shape index (κ2) is 11.7. The van der Waals surface area contributed by atoms with Crippen LogP contribution in [-0.4, -0.2) is 69.1 Å². The normalized spacial score (nSPS) is 11.3. The number of aliphatic imine (C=N–C) groups is 1. The monoisotopic (exact) mass is 368 g/mol. The lowest BCUT2D eigenvalue weighted by Crippen LogP contribution is -2.40. The van der Waals surface area contributed by atoms with Crippen molar-refractivity contribution < 1.29 is 9.53 Å². The lowest BCUT2D eigenvalue weighted by molar-refractivity contribution is -0.127. The van der Waals surface area contributed by atoms with Crippen molar-refractivity contribution in [3.63, 3.8) is 0 Å². The van der Waals surface area contributed by atoms with Crippen LogP contribution in [0, 0.1) is 0 Å². The first-order chi connectivity index (χ1) is 12.0. The predicted molar refractivity (Wildman–Crippen MR) is 103 cm³/mol. The highest BCUT2D eigenvalue weighted by Gasteiger charge is 2.11. The van der Waals surface area contributed by atoms with Gasteiger partial charge in [-0.2, -0.15) is 0 Å². The average Bonchev–Trinajstić information content (AvgIpc) is 2.58. The summed E-state index contributed by atoms with van der Waals surface area (Å²) in [6.07, 6.45) is 0.869. The molecule has 1 N–H and O–H groups in total. The van der Waals surface area contributed by atoms with Gasteiger partial charge in [-0.3, -0.25) is 4.79 Å². The molecule has 0 radical (unpaired) electrons. The molecule has 1 amide bonds. The summed E-state index contributed by atoms with van der Waals surface area (Å²) in [5.41, 5.74) is 1.01. The Labute approximate surface area is 155 Å². The van der Waals surface area contributed by atoms with Gasteiger partial charge in [0.25, 0.3) is 0 Å². The second-order valence-corrected chi connectivity index (χ2v) is 6.26. The third-order valence-electron chi connectivity index (χ3n) is 3.54. The molecule has 1 aromatic rings.